The number of alkyl halides is 1. The Morgan fingerprint density at radius 2 is 2.06 bits per heavy atom. The Labute approximate surface area is 104 Å². The Bertz CT molecular complexity index is 520. The van der Waals surface area contributed by atoms with Gasteiger partial charge in [0.05, 0.1) is 5.88 Å². The molecular weight excluding hydrogens is 245 g/mol. The Morgan fingerprint density at radius 1 is 1.31 bits per heavy atom. The van der Waals surface area contributed by atoms with Crippen molar-refractivity contribution in [1.82, 2.24) is 14.8 Å². The molecule has 0 unspecified atom stereocenters. The molecule has 2 rings (SSSR count). The fourth-order valence-electron chi connectivity index (χ4n) is 1.56. The molecule has 0 aliphatic carbocycles. The topological polar surface area (TPSA) is 30.7 Å². The van der Waals surface area contributed by atoms with Crippen molar-refractivity contribution < 1.29 is 0 Å². The third-order valence-electron chi connectivity index (χ3n) is 2.59. The van der Waals surface area contributed by atoms with Crippen LogP contribution in [-0.2, 0) is 12.9 Å². The van der Waals surface area contributed by atoms with Crippen molar-refractivity contribution in [1.29, 1.82) is 0 Å². The van der Waals surface area contributed by atoms with E-state index < -0.39 is 0 Å². The van der Waals surface area contributed by atoms with Crippen LogP contribution in [0.25, 0.3) is 11.4 Å². The Balaban J connectivity index is 2.59. The number of benzene rings is 1. The first kappa shape index (κ1) is 11.4. The van der Waals surface area contributed by atoms with Crippen molar-refractivity contribution >= 4 is 23.2 Å². The van der Waals surface area contributed by atoms with E-state index >= 15 is 0 Å². The van der Waals surface area contributed by atoms with Gasteiger partial charge in [-0.2, -0.15) is 0 Å². The van der Waals surface area contributed by atoms with Crippen molar-refractivity contribution in [3.8, 4) is 11.4 Å². The van der Waals surface area contributed by atoms with E-state index in [1.807, 2.05) is 36.7 Å². The van der Waals surface area contributed by atoms with Gasteiger partial charge in [0, 0.05) is 17.6 Å². The molecule has 0 N–H and O–H groups in total. The molecular formula is C11H11Cl2N3. The summed E-state index contributed by atoms with van der Waals surface area (Å²) in [6.07, 6.45) is 0. The van der Waals surface area contributed by atoms with Gasteiger partial charge in [0.15, 0.2) is 5.82 Å². The quantitative estimate of drug-likeness (QED) is 0.772. The Hall–Kier alpha value is -1.06. The summed E-state index contributed by atoms with van der Waals surface area (Å²) in [5, 5.41) is 8.88. The summed E-state index contributed by atoms with van der Waals surface area (Å²) < 4.78 is 1.88. The normalized spacial score (nSPS) is 10.8. The molecule has 1 aromatic carbocycles. The Morgan fingerprint density at radius 3 is 2.69 bits per heavy atom. The molecule has 0 aliphatic heterocycles. The van der Waals surface area contributed by atoms with Gasteiger partial charge < -0.3 is 4.57 Å². The number of halogens is 2. The van der Waals surface area contributed by atoms with Crippen LogP contribution in [0.4, 0.5) is 0 Å². The van der Waals surface area contributed by atoms with Gasteiger partial charge in [-0.15, -0.1) is 21.8 Å². The largest absolute Gasteiger partial charge is 0.313 e. The first-order chi connectivity index (χ1) is 7.65. The molecule has 1 aromatic heterocycles. The summed E-state index contributed by atoms with van der Waals surface area (Å²) >= 11 is 11.8. The fraction of sp³-hybridized carbons (Fsp3) is 0.273. The van der Waals surface area contributed by atoms with Crippen LogP contribution in [0.5, 0.6) is 0 Å². The molecule has 0 fully saturated rings. The molecule has 16 heavy (non-hydrogen) atoms. The van der Waals surface area contributed by atoms with E-state index in [9.17, 15) is 0 Å². The van der Waals surface area contributed by atoms with E-state index in [1.54, 1.807) is 0 Å². The lowest BCUT2D eigenvalue weighted by Gasteiger charge is -2.06. The summed E-state index contributed by atoms with van der Waals surface area (Å²) in [5.74, 6) is 1.88. The molecule has 1 heterocycles. The zero-order valence-electron chi connectivity index (χ0n) is 9.04. The van der Waals surface area contributed by atoms with E-state index in [2.05, 4.69) is 10.2 Å². The average molecular weight is 256 g/mol. The molecule has 5 heteroatoms. The number of hydrogen-bond donors (Lipinski definition) is 0. The van der Waals surface area contributed by atoms with Crippen LogP contribution in [0.1, 0.15) is 11.4 Å². The Kier molecular flexibility index (Phi) is 3.17. The summed E-state index contributed by atoms with van der Waals surface area (Å²) in [4.78, 5) is 0. The molecule has 0 atom stereocenters. The summed E-state index contributed by atoms with van der Waals surface area (Å²) in [5.41, 5.74) is 1.99. The third kappa shape index (κ3) is 1.81. The maximum atomic E-state index is 6.07. The first-order valence-corrected chi connectivity index (χ1v) is 5.76. The van der Waals surface area contributed by atoms with Crippen LogP contribution in [0.3, 0.4) is 0 Å². The average Bonchev–Trinajstić information content (AvgIpc) is 2.64. The lowest BCUT2D eigenvalue weighted by Crippen LogP contribution is -1.98. The van der Waals surface area contributed by atoms with Gasteiger partial charge >= 0.3 is 0 Å². The van der Waals surface area contributed by atoms with Crippen molar-refractivity contribution in [2.75, 3.05) is 0 Å². The van der Waals surface area contributed by atoms with Crippen molar-refractivity contribution in [2.45, 2.75) is 12.8 Å². The van der Waals surface area contributed by atoms with Crippen LogP contribution in [0.2, 0.25) is 5.02 Å². The van der Waals surface area contributed by atoms with E-state index in [-0.39, 0.29) is 0 Å². The highest BCUT2D eigenvalue weighted by Gasteiger charge is 2.12. The van der Waals surface area contributed by atoms with E-state index in [0.717, 1.165) is 27.8 Å². The van der Waals surface area contributed by atoms with Gasteiger partial charge in [0.25, 0.3) is 0 Å². The van der Waals surface area contributed by atoms with Crippen molar-refractivity contribution in [3.05, 3.63) is 34.6 Å². The number of hydrogen-bond acceptors (Lipinski definition) is 2. The number of aromatic nitrogens is 3. The van der Waals surface area contributed by atoms with Gasteiger partial charge in [-0.3, -0.25) is 0 Å². The van der Waals surface area contributed by atoms with Crippen LogP contribution < -0.4 is 0 Å². The maximum absolute atomic E-state index is 6.07. The first-order valence-electron chi connectivity index (χ1n) is 4.85. The smallest absolute Gasteiger partial charge is 0.164 e. The lowest BCUT2D eigenvalue weighted by molar-refractivity contribution is 0.853. The highest BCUT2D eigenvalue weighted by Crippen LogP contribution is 2.27. The van der Waals surface area contributed by atoms with E-state index in [0.29, 0.717) is 5.88 Å². The van der Waals surface area contributed by atoms with E-state index in [1.165, 1.54) is 0 Å². The van der Waals surface area contributed by atoms with Crippen LogP contribution in [0.15, 0.2) is 18.2 Å². The predicted octanol–water partition coefficient (Wildman–Crippen LogP) is 3.18. The second-order valence-electron chi connectivity index (χ2n) is 3.54. The number of nitrogens with zero attached hydrogens (tertiary/aromatic N) is 3. The van der Waals surface area contributed by atoms with Crippen LogP contribution in [0, 0.1) is 6.92 Å². The number of rotatable bonds is 2. The maximum Gasteiger partial charge on any atom is 0.164 e. The second-order valence-corrected chi connectivity index (χ2v) is 4.22. The minimum absolute atomic E-state index is 0.350. The molecule has 0 spiro atoms. The zero-order valence-corrected chi connectivity index (χ0v) is 10.5. The van der Waals surface area contributed by atoms with Gasteiger partial charge in [-0.25, -0.2) is 0 Å². The van der Waals surface area contributed by atoms with Gasteiger partial charge in [-0.05, 0) is 18.6 Å². The molecule has 0 saturated heterocycles. The molecule has 0 amide bonds. The summed E-state index contributed by atoms with van der Waals surface area (Å²) in [6, 6.07) is 5.74. The zero-order chi connectivity index (χ0) is 11.7. The molecule has 0 radical (unpaired) electrons. The molecule has 0 aliphatic rings. The highest BCUT2D eigenvalue weighted by molar-refractivity contribution is 6.31. The highest BCUT2D eigenvalue weighted by atomic mass is 35.5. The third-order valence-corrected chi connectivity index (χ3v) is 3.24. The standard InChI is InChI=1S/C11H11Cl2N3/c1-7-8(4-3-5-9(7)13)11-15-14-10(6-12)16(11)2/h3-5H,6H2,1-2H3. The lowest BCUT2D eigenvalue weighted by atomic mass is 10.1. The monoisotopic (exact) mass is 255 g/mol. The summed E-state index contributed by atoms with van der Waals surface area (Å²) in [7, 11) is 1.90. The van der Waals surface area contributed by atoms with Crippen molar-refractivity contribution in [2.24, 2.45) is 7.05 Å². The van der Waals surface area contributed by atoms with Gasteiger partial charge in [-0.1, -0.05) is 23.7 Å². The molecule has 2 aromatic rings. The van der Waals surface area contributed by atoms with Crippen LogP contribution in [-0.4, -0.2) is 14.8 Å². The van der Waals surface area contributed by atoms with Gasteiger partial charge in [0.1, 0.15) is 5.82 Å². The molecule has 0 bridgehead atoms. The predicted molar refractivity (Wildman–Crippen MR) is 65.7 cm³/mol. The van der Waals surface area contributed by atoms with Gasteiger partial charge in [0.2, 0.25) is 0 Å². The minimum Gasteiger partial charge on any atom is -0.313 e. The molecule has 3 nitrogen and oxygen atoms in total. The van der Waals surface area contributed by atoms with Crippen LogP contribution >= 0.6 is 23.2 Å². The summed E-state index contributed by atoms with van der Waals surface area (Å²) in [6.45, 7) is 1.96. The van der Waals surface area contributed by atoms with Crippen molar-refractivity contribution in [3.63, 3.8) is 0 Å². The second kappa shape index (κ2) is 4.44. The van der Waals surface area contributed by atoms with E-state index in [4.69, 9.17) is 23.2 Å². The SMILES string of the molecule is Cc1c(Cl)cccc1-c1nnc(CCl)n1C. The molecule has 84 valence electrons. The minimum atomic E-state index is 0.350. The fourth-order valence-corrected chi connectivity index (χ4v) is 1.97. The molecule has 0 saturated carbocycles.